The molecule has 0 amide bonds. The van der Waals surface area contributed by atoms with E-state index in [0.717, 1.165) is 5.57 Å². The maximum Gasteiger partial charge on any atom is 0.239 e. The quantitative estimate of drug-likeness (QED) is 0.686. The van der Waals surface area contributed by atoms with Crippen molar-refractivity contribution in [1.82, 2.24) is 0 Å². The van der Waals surface area contributed by atoms with Gasteiger partial charge in [-0.2, -0.15) is 0 Å². The third kappa shape index (κ3) is 2.61. The molecular weight excluding hydrogens is 348 g/mol. The molecule has 0 bridgehead atoms. The van der Waals surface area contributed by atoms with Gasteiger partial charge >= 0.3 is 0 Å². The molecule has 1 aromatic heterocycles. The topological polar surface area (TPSA) is 89.1 Å². The SMILES string of the molecule is C=C(C)[C@H]1Cc2c(cc3oc(-c4ccc(O)cc4)c(OC)c(=O)c3c2O)O1. The monoisotopic (exact) mass is 366 g/mol. The van der Waals surface area contributed by atoms with Crippen LogP contribution >= 0.6 is 0 Å². The van der Waals surface area contributed by atoms with E-state index in [4.69, 9.17) is 13.9 Å². The number of methoxy groups -OCH3 is 1. The smallest absolute Gasteiger partial charge is 0.239 e. The predicted molar refractivity (Wildman–Crippen MR) is 101 cm³/mol. The highest BCUT2D eigenvalue weighted by Gasteiger charge is 2.30. The number of phenolic OH excluding ortho intramolecular Hbond substituents is 2. The summed E-state index contributed by atoms with van der Waals surface area (Å²) in [5.41, 5.74) is 1.67. The first-order valence-corrected chi connectivity index (χ1v) is 8.41. The van der Waals surface area contributed by atoms with Crippen molar-refractivity contribution in [2.75, 3.05) is 7.11 Å². The van der Waals surface area contributed by atoms with E-state index in [2.05, 4.69) is 6.58 Å². The van der Waals surface area contributed by atoms with E-state index in [1.54, 1.807) is 18.2 Å². The second-order valence-electron chi connectivity index (χ2n) is 6.57. The van der Waals surface area contributed by atoms with E-state index >= 15 is 0 Å². The molecule has 0 saturated carbocycles. The van der Waals surface area contributed by atoms with E-state index in [1.165, 1.54) is 19.2 Å². The van der Waals surface area contributed by atoms with Crippen LogP contribution in [0.4, 0.5) is 0 Å². The van der Waals surface area contributed by atoms with Gasteiger partial charge in [-0.05, 0) is 36.8 Å². The maximum atomic E-state index is 13.0. The van der Waals surface area contributed by atoms with Gasteiger partial charge in [0.15, 0.2) is 5.76 Å². The molecule has 27 heavy (non-hydrogen) atoms. The van der Waals surface area contributed by atoms with Gasteiger partial charge in [0.05, 0.1) is 7.11 Å². The van der Waals surface area contributed by atoms with Gasteiger partial charge in [0, 0.05) is 23.6 Å². The van der Waals surface area contributed by atoms with Gasteiger partial charge < -0.3 is 24.1 Å². The Labute approximate surface area is 154 Å². The molecule has 0 aliphatic carbocycles. The summed E-state index contributed by atoms with van der Waals surface area (Å²) in [6, 6.07) is 7.81. The molecule has 2 heterocycles. The highest BCUT2D eigenvalue weighted by Crippen LogP contribution is 2.43. The molecule has 1 aliphatic rings. The molecule has 6 nitrogen and oxygen atoms in total. The maximum absolute atomic E-state index is 13.0. The first-order valence-electron chi connectivity index (χ1n) is 8.41. The Bertz CT molecular complexity index is 1120. The lowest BCUT2D eigenvalue weighted by molar-refractivity contribution is 0.271. The standard InChI is InChI=1S/C21H18O6/c1-10(2)14-8-13-15(26-14)9-16-17(18(13)23)19(24)21(25-3)20(27-16)11-4-6-12(22)7-5-11/h4-7,9,14,22-23H,1,8H2,2-3H3/t14-/m1/s1. The number of hydrogen-bond donors (Lipinski definition) is 2. The van der Waals surface area contributed by atoms with E-state index in [1.807, 2.05) is 6.92 Å². The number of ether oxygens (including phenoxy) is 2. The molecule has 2 aromatic carbocycles. The van der Waals surface area contributed by atoms with Crippen LogP contribution in [0.5, 0.6) is 23.0 Å². The Hall–Kier alpha value is -3.41. The summed E-state index contributed by atoms with van der Waals surface area (Å²) >= 11 is 0. The molecule has 6 heteroatoms. The molecule has 4 rings (SSSR count). The summed E-state index contributed by atoms with van der Waals surface area (Å²) in [5, 5.41) is 20.3. The largest absolute Gasteiger partial charge is 0.508 e. The van der Waals surface area contributed by atoms with Crippen LogP contribution in [0.25, 0.3) is 22.3 Å². The molecule has 0 unspecified atom stereocenters. The van der Waals surface area contributed by atoms with E-state index < -0.39 is 5.43 Å². The first-order chi connectivity index (χ1) is 12.9. The fraction of sp³-hybridized carbons (Fsp3) is 0.190. The molecular formula is C21H18O6. The molecule has 138 valence electrons. The van der Waals surface area contributed by atoms with Gasteiger partial charge in [0.25, 0.3) is 0 Å². The van der Waals surface area contributed by atoms with E-state index in [-0.39, 0.29) is 40.1 Å². The molecule has 1 atom stereocenters. The lowest BCUT2D eigenvalue weighted by atomic mass is 10.0. The summed E-state index contributed by atoms with van der Waals surface area (Å²) in [6.45, 7) is 5.74. The number of rotatable bonds is 3. The average molecular weight is 366 g/mol. The van der Waals surface area contributed by atoms with Crippen LogP contribution in [0.15, 0.2) is 51.7 Å². The van der Waals surface area contributed by atoms with Crippen LogP contribution < -0.4 is 14.9 Å². The van der Waals surface area contributed by atoms with Crippen LogP contribution in [0.1, 0.15) is 12.5 Å². The molecule has 0 radical (unpaired) electrons. The lowest BCUT2D eigenvalue weighted by Gasteiger charge is -2.11. The summed E-state index contributed by atoms with van der Waals surface area (Å²) in [7, 11) is 1.37. The average Bonchev–Trinajstić information content (AvgIpc) is 3.07. The fourth-order valence-corrected chi connectivity index (χ4v) is 3.28. The van der Waals surface area contributed by atoms with Crippen molar-refractivity contribution >= 4 is 11.0 Å². The minimum absolute atomic E-state index is 0.0150. The van der Waals surface area contributed by atoms with Crippen molar-refractivity contribution in [3.63, 3.8) is 0 Å². The Morgan fingerprint density at radius 3 is 2.59 bits per heavy atom. The zero-order valence-electron chi connectivity index (χ0n) is 14.9. The van der Waals surface area contributed by atoms with Crippen LogP contribution in [0.2, 0.25) is 0 Å². The minimum atomic E-state index is -0.471. The van der Waals surface area contributed by atoms with Crippen LogP contribution in [-0.2, 0) is 6.42 Å². The number of phenols is 2. The summed E-state index contributed by atoms with van der Waals surface area (Å²) in [5.74, 6) is 0.603. The van der Waals surface area contributed by atoms with Gasteiger partial charge in [-0.15, -0.1) is 0 Å². The van der Waals surface area contributed by atoms with Crippen molar-refractivity contribution < 1.29 is 24.1 Å². The van der Waals surface area contributed by atoms with E-state index in [0.29, 0.717) is 23.3 Å². The first kappa shape index (κ1) is 17.0. The molecule has 2 N–H and O–H groups in total. The zero-order chi connectivity index (χ0) is 19.3. The highest BCUT2D eigenvalue weighted by atomic mass is 16.5. The second-order valence-corrected chi connectivity index (χ2v) is 6.57. The lowest BCUT2D eigenvalue weighted by Crippen LogP contribution is -2.13. The van der Waals surface area contributed by atoms with Gasteiger partial charge in [-0.25, -0.2) is 0 Å². The van der Waals surface area contributed by atoms with Gasteiger partial charge in [0.1, 0.15) is 34.3 Å². The van der Waals surface area contributed by atoms with Gasteiger partial charge in [0.2, 0.25) is 11.2 Å². The Balaban J connectivity index is 1.99. The summed E-state index contributed by atoms with van der Waals surface area (Å²) in [6.07, 6.45) is 0.185. The fourth-order valence-electron chi connectivity index (χ4n) is 3.28. The minimum Gasteiger partial charge on any atom is -0.508 e. The molecule has 0 fully saturated rings. The number of aromatic hydroxyl groups is 2. The third-order valence-electron chi connectivity index (χ3n) is 4.72. The molecule has 0 saturated heterocycles. The summed E-state index contributed by atoms with van der Waals surface area (Å²) < 4.78 is 17.0. The number of benzene rings is 2. The van der Waals surface area contributed by atoms with Crippen LogP contribution in [0.3, 0.4) is 0 Å². The van der Waals surface area contributed by atoms with Crippen LogP contribution in [0, 0.1) is 0 Å². The Morgan fingerprint density at radius 1 is 1.26 bits per heavy atom. The van der Waals surface area contributed by atoms with Crippen molar-refractivity contribution in [2.24, 2.45) is 0 Å². The van der Waals surface area contributed by atoms with E-state index in [9.17, 15) is 15.0 Å². The number of fused-ring (bicyclic) bond motifs is 2. The number of hydrogen-bond acceptors (Lipinski definition) is 6. The Kier molecular flexibility index (Phi) is 3.84. The molecule has 1 aliphatic heterocycles. The van der Waals surface area contributed by atoms with Gasteiger partial charge in [-0.3, -0.25) is 4.79 Å². The molecule has 3 aromatic rings. The second kappa shape index (κ2) is 6.09. The Morgan fingerprint density at radius 2 is 1.96 bits per heavy atom. The normalized spacial score (nSPS) is 15.4. The van der Waals surface area contributed by atoms with Crippen molar-refractivity contribution in [2.45, 2.75) is 19.4 Å². The van der Waals surface area contributed by atoms with Crippen molar-refractivity contribution in [3.8, 4) is 34.3 Å². The highest BCUT2D eigenvalue weighted by molar-refractivity contribution is 5.90. The predicted octanol–water partition coefficient (Wildman–Crippen LogP) is 3.76. The molecule has 0 spiro atoms. The van der Waals surface area contributed by atoms with Crippen molar-refractivity contribution in [1.29, 1.82) is 0 Å². The van der Waals surface area contributed by atoms with Crippen molar-refractivity contribution in [3.05, 3.63) is 58.3 Å². The van der Waals surface area contributed by atoms with Crippen LogP contribution in [-0.4, -0.2) is 23.4 Å². The third-order valence-corrected chi connectivity index (χ3v) is 4.72. The van der Waals surface area contributed by atoms with Gasteiger partial charge in [-0.1, -0.05) is 6.58 Å². The zero-order valence-corrected chi connectivity index (χ0v) is 14.9. The summed E-state index contributed by atoms with van der Waals surface area (Å²) in [4.78, 5) is 13.0.